The SMILES string of the molecule is Cc1cccc([N+](=O)[O-])c1S(=O)(=O)NC(C)CN1CCN(c2ccccn2)CC1. The van der Waals surface area contributed by atoms with E-state index in [0.717, 1.165) is 32.0 Å². The number of rotatable bonds is 7. The summed E-state index contributed by atoms with van der Waals surface area (Å²) >= 11 is 0. The Kier molecular flexibility index (Phi) is 6.46. The van der Waals surface area contributed by atoms with E-state index in [9.17, 15) is 18.5 Å². The molecule has 1 aliphatic heterocycles. The van der Waals surface area contributed by atoms with E-state index in [-0.39, 0.29) is 10.9 Å². The smallest absolute Gasteiger partial charge is 0.289 e. The quantitative estimate of drug-likeness (QED) is 0.538. The molecule has 0 aliphatic carbocycles. The molecule has 2 heterocycles. The Bertz CT molecular complexity index is 960. The summed E-state index contributed by atoms with van der Waals surface area (Å²) in [4.78, 5) is 19.1. The number of hydrogen-bond acceptors (Lipinski definition) is 7. The standard InChI is InChI=1S/C19H25N5O4S/c1-15-6-5-7-17(24(25)26)19(15)29(27,28)21-16(2)14-22-10-12-23(13-11-22)18-8-3-4-9-20-18/h3-9,16,21H,10-14H2,1-2H3. The molecular formula is C19H25N5O4S. The third-order valence-corrected chi connectivity index (χ3v) is 6.67. The topological polar surface area (TPSA) is 109 Å². The van der Waals surface area contributed by atoms with Crippen molar-refractivity contribution in [3.63, 3.8) is 0 Å². The number of aryl methyl sites for hydroxylation is 1. The Labute approximate surface area is 170 Å². The molecule has 1 saturated heterocycles. The van der Waals surface area contributed by atoms with Crippen LogP contribution in [0.25, 0.3) is 0 Å². The van der Waals surface area contributed by atoms with Crippen molar-refractivity contribution in [2.75, 3.05) is 37.6 Å². The van der Waals surface area contributed by atoms with Crippen LogP contribution in [-0.2, 0) is 10.0 Å². The predicted molar refractivity (Wildman–Crippen MR) is 111 cm³/mol. The zero-order chi connectivity index (χ0) is 21.0. The van der Waals surface area contributed by atoms with Gasteiger partial charge in [0, 0.05) is 51.0 Å². The van der Waals surface area contributed by atoms with Gasteiger partial charge in [0.1, 0.15) is 5.82 Å². The fraction of sp³-hybridized carbons (Fsp3) is 0.421. The van der Waals surface area contributed by atoms with Crippen LogP contribution in [0.15, 0.2) is 47.5 Å². The van der Waals surface area contributed by atoms with Crippen molar-refractivity contribution < 1.29 is 13.3 Å². The number of sulfonamides is 1. The van der Waals surface area contributed by atoms with Crippen LogP contribution in [0.1, 0.15) is 12.5 Å². The minimum absolute atomic E-state index is 0.267. The number of hydrogen-bond donors (Lipinski definition) is 1. The van der Waals surface area contributed by atoms with Crippen LogP contribution in [0.3, 0.4) is 0 Å². The van der Waals surface area contributed by atoms with Gasteiger partial charge >= 0.3 is 0 Å². The van der Waals surface area contributed by atoms with E-state index in [4.69, 9.17) is 0 Å². The molecule has 1 unspecified atom stereocenters. The summed E-state index contributed by atoms with van der Waals surface area (Å²) < 4.78 is 28.2. The average molecular weight is 420 g/mol. The molecule has 156 valence electrons. The Morgan fingerprint density at radius 2 is 1.90 bits per heavy atom. The second-order valence-electron chi connectivity index (χ2n) is 7.18. The molecule has 0 radical (unpaired) electrons. The molecule has 0 saturated carbocycles. The molecule has 29 heavy (non-hydrogen) atoms. The molecule has 3 rings (SSSR count). The number of nitro benzene ring substituents is 1. The van der Waals surface area contributed by atoms with Gasteiger partial charge in [-0.15, -0.1) is 0 Å². The van der Waals surface area contributed by atoms with E-state index in [2.05, 4.69) is 19.5 Å². The molecule has 0 bridgehead atoms. The minimum Gasteiger partial charge on any atom is -0.354 e. The van der Waals surface area contributed by atoms with E-state index in [0.29, 0.717) is 12.1 Å². The summed E-state index contributed by atoms with van der Waals surface area (Å²) in [6.45, 7) is 7.03. The molecule has 9 nitrogen and oxygen atoms in total. The monoisotopic (exact) mass is 419 g/mol. The van der Waals surface area contributed by atoms with Crippen molar-refractivity contribution in [1.29, 1.82) is 0 Å². The Morgan fingerprint density at radius 1 is 1.17 bits per heavy atom. The summed E-state index contributed by atoms with van der Waals surface area (Å²) in [5, 5.41) is 11.3. The first-order valence-electron chi connectivity index (χ1n) is 9.42. The molecule has 10 heteroatoms. The largest absolute Gasteiger partial charge is 0.354 e. The number of anilines is 1. The molecule has 1 atom stereocenters. The van der Waals surface area contributed by atoms with E-state index >= 15 is 0 Å². The van der Waals surface area contributed by atoms with Gasteiger partial charge < -0.3 is 4.90 Å². The maximum absolute atomic E-state index is 12.8. The third-order valence-electron chi connectivity index (χ3n) is 4.89. The highest BCUT2D eigenvalue weighted by Crippen LogP contribution is 2.27. The highest BCUT2D eigenvalue weighted by molar-refractivity contribution is 7.89. The van der Waals surface area contributed by atoms with E-state index < -0.39 is 20.6 Å². The lowest BCUT2D eigenvalue weighted by Crippen LogP contribution is -2.51. The second-order valence-corrected chi connectivity index (χ2v) is 8.83. The van der Waals surface area contributed by atoms with Gasteiger partial charge in [-0.1, -0.05) is 18.2 Å². The molecule has 1 fully saturated rings. The number of pyridine rings is 1. The molecule has 1 aromatic heterocycles. The first kappa shape index (κ1) is 21.2. The van der Waals surface area contributed by atoms with Crippen molar-refractivity contribution in [3.8, 4) is 0 Å². The van der Waals surface area contributed by atoms with Crippen LogP contribution in [0, 0.1) is 17.0 Å². The van der Waals surface area contributed by atoms with Gasteiger partial charge in [0.25, 0.3) is 5.69 Å². The highest BCUT2D eigenvalue weighted by atomic mass is 32.2. The van der Waals surface area contributed by atoms with E-state index in [1.54, 1.807) is 26.1 Å². The molecule has 1 aliphatic rings. The van der Waals surface area contributed by atoms with Crippen LogP contribution in [0.4, 0.5) is 11.5 Å². The van der Waals surface area contributed by atoms with Gasteiger partial charge in [-0.05, 0) is 31.5 Å². The Balaban J connectivity index is 1.61. The molecule has 2 aromatic rings. The average Bonchev–Trinajstić information content (AvgIpc) is 2.68. The summed E-state index contributed by atoms with van der Waals surface area (Å²) in [6, 6.07) is 9.67. The maximum atomic E-state index is 12.8. The minimum atomic E-state index is -4.01. The predicted octanol–water partition coefficient (Wildman–Crippen LogP) is 1.79. The van der Waals surface area contributed by atoms with Crippen LogP contribution in [0.2, 0.25) is 0 Å². The Hall–Kier alpha value is -2.56. The van der Waals surface area contributed by atoms with Gasteiger partial charge in [-0.2, -0.15) is 0 Å². The molecular weight excluding hydrogens is 394 g/mol. The van der Waals surface area contributed by atoms with Crippen molar-refractivity contribution in [2.45, 2.75) is 24.8 Å². The van der Waals surface area contributed by atoms with Gasteiger partial charge in [0.05, 0.1) is 4.92 Å². The van der Waals surface area contributed by atoms with Crippen LogP contribution in [0.5, 0.6) is 0 Å². The van der Waals surface area contributed by atoms with Crippen molar-refractivity contribution in [3.05, 3.63) is 58.3 Å². The fourth-order valence-electron chi connectivity index (χ4n) is 3.58. The normalized spacial score (nSPS) is 16.6. The number of piperazine rings is 1. The van der Waals surface area contributed by atoms with Gasteiger partial charge in [0.15, 0.2) is 4.90 Å². The molecule has 0 spiro atoms. The molecule has 1 N–H and O–H groups in total. The van der Waals surface area contributed by atoms with Crippen molar-refractivity contribution in [2.24, 2.45) is 0 Å². The lowest BCUT2D eigenvalue weighted by Gasteiger charge is -2.36. The lowest BCUT2D eigenvalue weighted by atomic mass is 10.2. The summed E-state index contributed by atoms with van der Waals surface area (Å²) in [5.41, 5.74) is -0.0587. The third kappa shape index (κ3) is 5.08. The second kappa shape index (κ2) is 8.85. The van der Waals surface area contributed by atoms with E-state index in [1.807, 2.05) is 18.2 Å². The first-order valence-corrected chi connectivity index (χ1v) is 10.9. The fourth-order valence-corrected chi connectivity index (χ4v) is 5.21. The summed E-state index contributed by atoms with van der Waals surface area (Å²) in [5.74, 6) is 0.938. The van der Waals surface area contributed by atoms with Gasteiger partial charge in [-0.3, -0.25) is 15.0 Å². The highest BCUT2D eigenvalue weighted by Gasteiger charge is 2.29. The zero-order valence-corrected chi connectivity index (χ0v) is 17.3. The summed E-state index contributed by atoms with van der Waals surface area (Å²) in [6.07, 6.45) is 1.77. The molecule has 1 aromatic carbocycles. The van der Waals surface area contributed by atoms with Gasteiger partial charge in [0.2, 0.25) is 10.0 Å². The first-order chi connectivity index (χ1) is 13.8. The van der Waals surface area contributed by atoms with Crippen LogP contribution < -0.4 is 9.62 Å². The number of benzene rings is 1. The summed E-state index contributed by atoms with van der Waals surface area (Å²) in [7, 11) is -4.01. The maximum Gasteiger partial charge on any atom is 0.289 e. The zero-order valence-electron chi connectivity index (χ0n) is 16.5. The van der Waals surface area contributed by atoms with Gasteiger partial charge in [-0.25, -0.2) is 18.1 Å². The number of nitro groups is 1. The number of aromatic nitrogens is 1. The lowest BCUT2D eigenvalue weighted by molar-refractivity contribution is -0.387. The van der Waals surface area contributed by atoms with E-state index in [1.165, 1.54) is 12.1 Å². The number of nitrogens with one attached hydrogen (secondary N) is 1. The van der Waals surface area contributed by atoms with Crippen molar-refractivity contribution >= 4 is 21.5 Å². The van der Waals surface area contributed by atoms with Crippen LogP contribution >= 0.6 is 0 Å². The van der Waals surface area contributed by atoms with Crippen LogP contribution in [-0.4, -0.2) is 62.0 Å². The molecule has 0 amide bonds. The Morgan fingerprint density at radius 3 is 2.52 bits per heavy atom. The number of nitrogens with zero attached hydrogens (tertiary/aromatic N) is 4. The van der Waals surface area contributed by atoms with Crippen molar-refractivity contribution in [1.82, 2.24) is 14.6 Å².